The zero-order valence-electron chi connectivity index (χ0n) is 9.32. The summed E-state index contributed by atoms with van der Waals surface area (Å²) in [6.07, 6.45) is 0. The average Bonchev–Trinajstić information content (AvgIpc) is 2.78. The number of non-ortho nitro benzene ring substituents is 1. The predicted octanol–water partition coefficient (Wildman–Crippen LogP) is 1.71. The summed E-state index contributed by atoms with van der Waals surface area (Å²) in [6.45, 7) is 0. The van der Waals surface area contributed by atoms with Crippen LogP contribution in [0.4, 0.5) is 11.7 Å². The first-order valence-electron chi connectivity index (χ1n) is 4.83. The van der Waals surface area contributed by atoms with Crippen LogP contribution in [0.5, 0.6) is 0 Å². The monoisotopic (exact) mass is 234 g/mol. The van der Waals surface area contributed by atoms with Crippen LogP contribution in [0, 0.1) is 10.1 Å². The van der Waals surface area contributed by atoms with Crippen molar-refractivity contribution in [3.05, 3.63) is 34.4 Å². The topological polar surface area (TPSA) is 85.3 Å². The minimum absolute atomic E-state index is 0.0288. The number of benzene rings is 1. The van der Waals surface area contributed by atoms with Gasteiger partial charge in [-0.2, -0.15) is 0 Å². The standard InChI is InChI=1S/C10H10N4O3/c1-13(2)10-12-11-9(17-10)7-3-5-8(6-4-7)14(15)16/h3-6H,1-2H3. The molecular formula is C10H10N4O3. The summed E-state index contributed by atoms with van der Waals surface area (Å²) in [5.41, 5.74) is 0.678. The lowest BCUT2D eigenvalue weighted by molar-refractivity contribution is -0.384. The first-order valence-corrected chi connectivity index (χ1v) is 4.83. The smallest absolute Gasteiger partial charge is 0.317 e. The van der Waals surface area contributed by atoms with E-state index in [0.717, 1.165) is 0 Å². The minimum Gasteiger partial charge on any atom is -0.403 e. The fourth-order valence-electron chi connectivity index (χ4n) is 1.24. The average molecular weight is 234 g/mol. The molecule has 17 heavy (non-hydrogen) atoms. The number of hydrogen-bond donors (Lipinski definition) is 0. The molecule has 0 N–H and O–H groups in total. The van der Waals surface area contributed by atoms with Gasteiger partial charge < -0.3 is 9.32 Å². The largest absolute Gasteiger partial charge is 0.403 e. The van der Waals surface area contributed by atoms with Crippen molar-refractivity contribution in [1.29, 1.82) is 0 Å². The number of nitrogens with zero attached hydrogens (tertiary/aromatic N) is 4. The van der Waals surface area contributed by atoms with E-state index in [0.29, 0.717) is 17.5 Å². The quantitative estimate of drug-likeness (QED) is 0.593. The molecule has 1 heterocycles. The summed E-state index contributed by atoms with van der Waals surface area (Å²) in [6, 6.07) is 6.33. The lowest BCUT2D eigenvalue weighted by Gasteiger charge is -2.02. The van der Waals surface area contributed by atoms with Crippen molar-refractivity contribution in [1.82, 2.24) is 10.2 Å². The number of nitro benzene ring substituents is 1. The van der Waals surface area contributed by atoms with Crippen LogP contribution >= 0.6 is 0 Å². The Kier molecular flexibility index (Phi) is 2.73. The second-order valence-corrected chi connectivity index (χ2v) is 3.59. The van der Waals surface area contributed by atoms with E-state index >= 15 is 0 Å². The van der Waals surface area contributed by atoms with E-state index in [9.17, 15) is 10.1 Å². The van der Waals surface area contributed by atoms with Gasteiger partial charge in [0.2, 0.25) is 5.89 Å². The summed E-state index contributed by atoms with van der Waals surface area (Å²) < 4.78 is 5.37. The molecule has 0 radical (unpaired) electrons. The van der Waals surface area contributed by atoms with Crippen LogP contribution in [-0.2, 0) is 0 Å². The van der Waals surface area contributed by atoms with E-state index < -0.39 is 4.92 Å². The molecule has 1 aromatic carbocycles. The lowest BCUT2D eigenvalue weighted by atomic mass is 10.2. The van der Waals surface area contributed by atoms with Crippen molar-refractivity contribution in [2.45, 2.75) is 0 Å². The van der Waals surface area contributed by atoms with E-state index in [1.54, 1.807) is 31.1 Å². The summed E-state index contributed by atoms with van der Waals surface area (Å²) >= 11 is 0. The third kappa shape index (κ3) is 2.22. The fraction of sp³-hybridized carbons (Fsp3) is 0.200. The highest BCUT2D eigenvalue weighted by atomic mass is 16.6. The van der Waals surface area contributed by atoms with Gasteiger partial charge in [0, 0.05) is 31.8 Å². The van der Waals surface area contributed by atoms with Crippen LogP contribution in [0.15, 0.2) is 28.7 Å². The zero-order valence-corrected chi connectivity index (χ0v) is 9.32. The molecule has 0 atom stereocenters. The zero-order chi connectivity index (χ0) is 12.4. The van der Waals surface area contributed by atoms with Crippen LogP contribution in [-0.4, -0.2) is 29.2 Å². The van der Waals surface area contributed by atoms with E-state index in [4.69, 9.17) is 4.42 Å². The van der Waals surface area contributed by atoms with Crippen LogP contribution in [0.2, 0.25) is 0 Å². The SMILES string of the molecule is CN(C)c1nnc(-c2ccc([N+](=O)[O-])cc2)o1. The highest BCUT2D eigenvalue weighted by Gasteiger charge is 2.11. The van der Waals surface area contributed by atoms with Crippen molar-refractivity contribution in [3.63, 3.8) is 0 Å². The van der Waals surface area contributed by atoms with Crippen molar-refractivity contribution >= 4 is 11.7 Å². The number of hydrogen-bond acceptors (Lipinski definition) is 6. The summed E-state index contributed by atoms with van der Waals surface area (Å²) in [5.74, 6) is 0.337. The molecule has 0 amide bonds. The van der Waals surface area contributed by atoms with Gasteiger partial charge in [-0.25, -0.2) is 0 Å². The van der Waals surface area contributed by atoms with E-state index in [1.807, 2.05) is 0 Å². The molecule has 1 aromatic heterocycles. The highest BCUT2D eigenvalue weighted by Crippen LogP contribution is 2.23. The molecule has 2 rings (SSSR count). The second kappa shape index (κ2) is 4.20. The molecule has 0 saturated carbocycles. The van der Waals surface area contributed by atoms with Crippen molar-refractivity contribution < 1.29 is 9.34 Å². The number of anilines is 1. The molecule has 0 saturated heterocycles. The van der Waals surface area contributed by atoms with Crippen LogP contribution in [0.1, 0.15) is 0 Å². The van der Waals surface area contributed by atoms with Crippen LogP contribution in [0.3, 0.4) is 0 Å². The molecule has 7 nitrogen and oxygen atoms in total. The van der Waals surface area contributed by atoms with Crippen molar-refractivity contribution in [2.24, 2.45) is 0 Å². The molecule has 0 fully saturated rings. The maximum atomic E-state index is 10.5. The van der Waals surface area contributed by atoms with E-state index in [2.05, 4.69) is 10.2 Å². The Morgan fingerprint density at radius 1 is 1.24 bits per heavy atom. The maximum absolute atomic E-state index is 10.5. The van der Waals surface area contributed by atoms with Gasteiger partial charge in [-0.15, -0.1) is 5.10 Å². The number of aromatic nitrogens is 2. The summed E-state index contributed by atoms with van der Waals surface area (Å²) in [4.78, 5) is 11.7. The Hall–Kier alpha value is -2.44. The van der Waals surface area contributed by atoms with E-state index in [1.165, 1.54) is 12.1 Å². The molecule has 7 heteroatoms. The van der Waals surface area contributed by atoms with E-state index in [-0.39, 0.29) is 5.69 Å². The Morgan fingerprint density at radius 2 is 1.88 bits per heavy atom. The maximum Gasteiger partial charge on any atom is 0.317 e. The molecule has 0 spiro atoms. The molecule has 0 aliphatic rings. The first-order chi connectivity index (χ1) is 8.08. The van der Waals surface area contributed by atoms with Crippen molar-refractivity contribution in [2.75, 3.05) is 19.0 Å². The summed E-state index contributed by atoms with van der Waals surface area (Å²) in [7, 11) is 3.57. The molecular weight excluding hydrogens is 224 g/mol. The van der Waals surface area contributed by atoms with Gasteiger partial charge in [-0.1, -0.05) is 5.10 Å². The molecule has 2 aromatic rings. The normalized spacial score (nSPS) is 10.2. The van der Waals surface area contributed by atoms with Crippen LogP contribution < -0.4 is 4.90 Å². The fourth-order valence-corrected chi connectivity index (χ4v) is 1.24. The molecule has 0 aliphatic heterocycles. The lowest BCUT2D eigenvalue weighted by Crippen LogP contribution is -2.08. The first kappa shape index (κ1) is 11.1. The van der Waals surface area contributed by atoms with Gasteiger partial charge >= 0.3 is 6.01 Å². The predicted molar refractivity (Wildman–Crippen MR) is 60.7 cm³/mol. The third-order valence-electron chi connectivity index (χ3n) is 2.12. The Balaban J connectivity index is 2.30. The molecule has 0 bridgehead atoms. The number of nitro groups is 1. The third-order valence-corrected chi connectivity index (χ3v) is 2.12. The van der Waals surface area contributed by atoms with Gasteiger partial charge in [0.25, 0.3) is 5.69 Å². The minimum atomic E-state index is -0.456. The van der Waals surface area contributed by atoms with Crippen LogP contribution in [0.25, 0.3) is 11.5 Å². The highest BCUT2D eigenvalue weighted by molar-refractivity contribution is 5.56. The molecule has 0 aliphatic carbocycles. The van der Waals surface area contributed by atoms with Crippen molar-refractivity contribution in [3.8, 4) is 11.5 Å². The van der Waals surface area contributed by atoms with Gasteiger partial charge in [0.05, 0.1) is 4.92 Å². The van der Waals surface area contributed by atoms with Gasteiger partial charge in [0.15, 0.2) is 0 Å². The van der Waals surface area contributed by atoms with Gasteiger partial charge in [-0.05, 0) is 12.1 Å². The summed E-state index contributed by atoms with van der Waals surface area (Å²) in [5, 5.41) is 18.2. The van der Waals surface area contributed by atoms with Gasteiger partial charge in [-0.3, -0.25) is 10.1 Å². The Bertz CT molecular complexity index is 533. The molecule has 88 valence electrons. The Labute approximate surface area is 96.8 Å². The van der Waals surface area contributed by atoms with Gasteiger partial charge in [0.1, 0.15) is 0 Å². The number of rotatable bonds is 3. The Morgan fingerprint density at radius 3 is 2.35 bits per heavy atom. The second-order valence-electron chi connectivity index (χ2n) is 3.59. The molecule has 0 unspecified atom stereocenters.